The Labute approximate surface area is 207 Å². The molecule has 0 saturated heterocycles. The second-order valence-corrected chi connectivity index (χ2v) is 9.62. The van der Waals surface area contributed by atoms with Gasteiger partial charge in [0.05, 0.1) is 5.56 Å². The number of carbonyl (C=O) groups excluding carboxylic acids is 1. The zero-order chi connectivity index (χ0) is 24.8. The lowest BCUT2D eigenvalue weighted by molar-refractivity contribution is -0.114. The maximum Gasteiger partial charge on any atom is 0.320 e. The fourth-order valence-corrected chi connectivity index (χ4v) is 4.03. The Morgan fingerprint density at radius 3 is 2.60 bits per heavy atom. The number of anilines is 3. The number of thioether (sulfide) groups is 1. The van der Waals surface area contributed by atoms with Crippen molar-refractivity contribution >= 4 is 35.2 Å². The fourth-order valence-electron chi connectivity index (χ4n) is 3.10. The van der Waals surface area contributed by atoms with Gasteiger partial charge in [0.25, 0.3) is 5.89 Å². The molecular formula is C25H26N6O3S. The Balaban J connectivity index is 1.44. The molecular weight excluding hydrogens is 464 g/mol. The molecule has 0 radical (unpaired) electrons. The molecule has 10 heteroatoms. The van der Waals surface area contributed by atoms with Gasteiger partial charge in [-0.15, -0.1) is 16.9 Å². The number of aromatic nitrogens is 4. The van der Waals surface area contributed by atoms with Crippen molar-refractivity contribution in [3.63, 3.8) is 0 Å². The summed E-state index contributed by atoms with van der Waals surface area (Å²) in [5, 5.41) is 14.9. The quantitative estimate of drug-likeness (QED) is 0.300. The average molecular weight is 491 g/mol. The van der Waals surface area contributed by atoms with Crippen LogP contribution in [0.15, 0.2) is 70.4 Å². The van der Waals surface area contributed by atoms with Crippen LogP contribution >= 0.6 is 11.8 Å². The van der Waals surface area contributed by atoms with E-state index < -0.39 is 0 Å². The van der Waals surface area contributed by atoms with E-state index in [0.717, 1.165) is 27.6 Å². The summed E-state index contributed by atoms with van der Waals surface area (Å²) in [4.78, 5) is 19.9. The second-order valence-electron chi connectivity index (χ2n) is 8.65. The van der Waals surface area contributed by atoms with Crippen LogP contribution in [0.3, 0.4) is 0 Å². The number of hydrogen-bond donors (Lipinski definition) is 2. The highest BCUT2D eigenvalue weighted by Crippen LogP contribution is 2.32. The van der Waals surface area contributed by atoms with Crippen LogP contribution in [0.25, 0.3) is 11.5 Å². The number of hydrogen-bond acceptors (Lipinski definition) is 9. The summed E-state index contributed by atoms with van der Waals surface area (Å²) in [6.07, 6.45) is 3.39. The molecule has 9 nitrogen and oxygen atoms in total. The summed E-state index contributed by atoms with van der Waals surface area (Å²) >= 11 is 1.53. The number of amides is 1. The average Bonchev–Trinajstić information content (AvgIpc) is 3.26. The molecule has 0 aliphatic rings. The zero-order valence-electron chi connectivity index (χ0n) is 19.9. The van der Waals surface area contributed by atoms with Crippen molar-refractivity contribution in [2.45, 2.75) is 44.1 Å². The molecule has 1 amide bonds. The van der Waals surface area contributed by atoms with Crippen molar-refractivity contribution in [2.24, 2.45) is 0 Å². The molecule has 1 aromatic carbocycles. The van der Waals surface area contributed by atoms with Crippen molar-refractivity contribution in [1.29, 1.82) is 0 Å². The molecule has 0 bridgehead atoms. The van der Waals surface area contributed by atoms with E-state index in [0.29, 0.717) is 17.5 Å². The van der Waals surface area contributed by atoms with Gasteiger partial charge in [-0.05, 0) is 74.9 Å². The minimum Gasteiger partial charge on any atom is -0.488 e. The summed E-state index contributed by atoms with van der Waals surface area (Å²) in [7, 11) is 0. The normalized spacial score (nSPS) is 11.2. The third kappa shape index (κ3) is 7.03. The largest absolute Gasteiger partial charge is 0.488 e. The predicted octanol–water partition coefficient (Wildman–Crippen LogP) is 5.70. The van der Waals surface area contributed by atoms with Gasteiger partial charge >= 0.3 is 6.01 Å². The number of rotatable bonds is 8. The van der Waals surface area contributed by atoms with E-state index in [9.17, 15) is 4.79 Å². The summed E-state index contributed by atoms with van der Waals surface area (Å²) in [6, 6.07) is 15.3. The van der Waals surface area contributed by atoms with E-state index in [2.05, 4.69) is 30.8 Å². The molecule has 0 saturated carbocycles. The molecule has 4 rings (SSSR count). The van der Waals surface area contributed by atoms with Crippen molar-refractivity contribution in [3.05, 3.63) is 66.5 Å². The zero-order valence-corrected chi connectivity index (χ0v) is 20.7. The minimum atomic E-state index is -0.263. The number of pyridine rings is 2. The van der Waals surface area contributed by atoms with Crippen LogP contribution in [0.4, 0.5) is 17.5 Å². The highest BCUT2D eigenvalue weighted by molar-refractivity contribution is 7.98. The van der Waals surface area contributed by atoms with E-state index in [4.69, 9.17) is 9.15 Å². The number of nitrogens with one attached hydrogen (secondary N) is 2. The molecule has 0 aliphatic carbocycles. The maximum atomic E-state index is 11.3. The highest BCUT2D eigenvalue weighted by Gasteiger charge is 2.15. The smallest absolute Gasteiger partial charge is 0.320 e. The first kappa shape index (κ1) is 24.2. The monoisotopic (exact) mass is 490 g/mol. The van der Waals surface area contributed by atoms with Gasteiger partial charge in [-0.2, -0.15) is 0 Å². The molecule has 2 N–H and O–H groups in total. The Kier molecular flexibility index (Phi) is 7.31. The lowest BCUT2D eigenvalue weighted by Crippen LogP contribution is -2.22. The van der Waals surface area contributed by atoms with Crippen molar-refractivity contribution in [3.8, 4) is 17.2 Å². The number of ether oxygens (including phenoxy) is 1. The molecule has 0 unspecified atom stereocenters. The highest BCUT2D eigenvalue weighted by atomic mass is 32.2. The number of nitrogens with zero attached hydrogens (tertiary/aromatic N) is 4. The van der Waals surface area contributed by atoms with Crippen molar-refractivity contribution in [1.82, 2.24) is 20.2 Å². The van der Waals surface area contributed by atoms with Crippen LogP contribution < -0.4 is 15.4 Å². The van der Waals surface area contributed by atoms with Crippen LogP contribution in [0.5, 0.6) is 5.75 Å². The van der Waals surface area contributed by atoms with E-state index in [1.54, 1.807) is 12.4 Å². The van der Waals surface area contributed by atoms with Gasteiger partial charge in [-0.25, -0.2) is 9.97 Å². The molecule has 35 heavy (non-hydrogen) atoms. The standard InChI is InChI=1S/C25H26N6O3S/c1-16(32)28-21-14-17(11-13-26-21)15-35-23-20(6-5-12-27-23)22-30-31-24(33-22)29-18-7-9-19(10-8-18)34-25(2,3)4/h5-14H,15H2,1-4H3,(H,29,31)(H,26,28,32). The van der Waals surface area contributed by atoms with E-state index in [1.807, 2.05) is 69.3 Å². The molecule has 0 atom stereocenters. The first-order valence-corrected chi connectivity index (χ1v) is 11.9. The molecule has 180 valence electrons. The van der Waals surface area contributed by atoms with Gasteiger partial charge in [0, 0.05) is 30.8 Å². The minimum absolute atomic E-state index is 0.163. The fraction of sp³-hybridized carbons (Fsp3) is 0.240. The molecule has 4 aromatic rings. The summed E-state index contributed by atoms with van der Waals surface area (Å²) < 4.78 is 11.7. The third-order valence-corrected chi connectivity index (χ3v) is 5.54. The van der Waals surface area contributed by atoms with Crippen LogP contribution in [-0.2, 0) is 10.5 Å². The van der Waals surface area contributed by atoms with Gasteiger partial charge in [-0.3, -0.25) is 4.79 Å². The van der Waals surface area contributed by atoms with Gasteiger partial charge in [0.1, 0.15) is 22.2 Å². The van der Waals surface area contributed by atoms with Gasteiger partial charge < -0.3 is 19.8 Å². The molecule has 0 fully saturated rings. The first-order valence-electron chi connectivity index (χ1n) is 11.0. The lowest BCUT2D eigenvalue weighted by Gasteiger charge is -2.21. The SMILES string of the molecule is CC(=O)Nc1cc(CSc2ncccc2-c2nnc(Nc3ccc(OC(C)(C)C)cc3)o2)ccn1. The summed E-state index contributed by atoms with van der Waals surface area (Å²) in [5.74, 6) is 2.13. The van der Waals surface area contributed by atoms with Crippen LogP contribution in [0.2, 0.25) is 0 Å². The maximum absolute atomic E-state index is 11.3. The lowest BCUT2D eigenvalue weighted by atomic mass is 10.2. The van der Waals surface area contributed by atoms with E-state index in [1.165, 1.54) is 18.7 Å². The second kappa shape index (κ2) is 10.6. The third-order valence-electron chi connectivity index (χ3n) is 4.46. The Morgan fingerprint density at radius 2 is 1.86 bits per heavy atom. The molecule has 3 heterocycles. The summed E-state index contributed by atoms with van der Waals surface area (Å²) in [5.41, 5.74) is 2.27. The first-order chi connectivity index (χ1) is 16.7. The Hall–Kier alpha value is -3.92. The van der Waals surface area contributed by atoms with E-state index >= 15 is 0 Å². The molecule has 0 spiro atoms. The van der Waals surface area contributed by atoms with Gasteiger partial charge in [0.15, 0.2) is 0 Å². The summed E-state index contributed by atoms with van der Waals surface area (Å²) in [6.45, 7) is 7.46. The van der Waals surface area contributed by atoms with Gasteiger partial charge in [-0.1, -0.05) is 5.10 Å². The van der Waals surface area contributed by atoms with Crippen LogP contribution in [-0.4, -0.2) is 31.7 Å². The van der Waals surface area contributed by atoms with Gasteiger partial charge in [0.2, 0.25) is 5.91 Å². The van der Waals surface area contributed by atoms with Crippen molar-refractivity contribution < 1.29 is 13.9 Å². The topological polar surface area (TPSA) is 115 Å². The number of carbonyl (C=O) groups is 1. The number of benzene rings is 1. The van der Waals surface area contributed by atoms with Crippen LogP contribution in [0, 0.1) is 0 Å². The van der Waals surface area contributed by atoms with E-state index in [-0.39, 0.29) is 17.5 Å². The molecule has 3 aromatic heterocycles. The molecule has 0 aliphatic heterocycles. The Morgan fingerprint density at radius 1 is 1.06 bits per heavy atom. The van der Waals surface area contributed by atoms with Crippen molar-refractivity contribution in [2.75, 3.05) is 10.6 Å². The Bertz CT molecular complexity index is 1300. The predicted molar refractivity (Wildman–Crippen MR) is 136 cm³/mol. The van der Waals surface area contributed by atoms with Crippen LogP contribution in [0.1, 0.15) is 33.3 Å².